The number of aromatic nitrogens is 3. The van der Waals surface area contributed by atoms with E-state index in [1.165, 1.54) is 24.4 Å². The lowest BCUT2D eigenvalue weighted by Crippen LogP contribution is -2.44. The van der Waals surface area contributed by atoms with E-state index in [9.17, 15) is 27.2 Å². The van der Waals surface area contributed by atoms with Gasteiger partial charge >= 0.3 is 5.69 Å². The lowest BCUT2D eigenvalue weighted by Gasteiger charge is -2.26. The largest absolute Gasteiger partial charge is 0.329 e. The van der Waals surface area contributed by atoms with Crippen LogP contribution in [0.5, 0.6) is 0 Å². The van der Waals surface area contributed by atoms with Crippen LogP contribution in [0, 0.1) is 11.7 Å². The van der Waals surface area contributed by atoms with Gasteiger partial charge in [-0.25, -0.2) is 27.2 Å². The zero-order valence-corrected chi connectivity index (χ0v) is 18.8. The standard InChI is InChI=1S/C21H20ClFN4O5S/c22-13-1-4-18(24-11-13)26-19(28)17(9-12-5-7-33(31,32)8-6-12)27-20(29)15-10-14(23)2-3-16(15)25-21(27)30/h1-4,10-12,17H,5-9H2,(H,25,30)(H,24,26,28). The SMILES string of the molecule is O=C(Nc1ccc(Cl)cn1)C(CC1CCS(=O)(=O)CC1)n1c(=O)[nH]c2ccc(F)cc2c1=O. The van der Waals surface area contributed by atoms with Gasteiger partial charge in [-0.15, -0.1) is 0 Å². The molecule has 1 aliphatic rings. The Balaban J connectivity index is 1.75. The van der Waals surface area contributed by atoms with E-state index in [-0.39, 0.29) is 40.6 Å². The number of sulfone groups is 1. The fraction of sp³-hybridized carbons (Fsp3) is 0.333. The maximum Gasteiger partial charge on any atom is 0.329 e. The zero-order chi connectivity index (χ0) is 23.8. The van der Waals surface area contributed by atoms with E-state index >= 15 is 0 Å². The van der Waals surface area contributed by atoms with Gasteiger partial charge in [0.05, 0.1) is 27.4 Å². The molecule has 9 nitrogen and oxygen atoms in total. The number of aromatic amines is 1. The molecule has 3 aromatic rings. The van der Waals surface area contributed by atoms with Crippen molar-refractivity contribution in [2.24, 2.45) is 5.92 Å². The average molecular weight is 495 g/mol. The van der Waals surface area contributed by atoms with Gasteiger partial charge in [-0.2, -0.15) is 0 Å². The number of amides is 1. The molecule has 1 fully saturated rings. The maximum atomic E-state index is 13.8. The Kier molecular flexibility index (Phi) is 6.35. The van der Waals surface area contributed by atoms with E-state index in [1.807, 2.05) is 0 Å². The summed E-state index contributed by atoms with van der Waals surface area (Å²) >= 11 is 5.82. The van der Waals surface area contributed by atoms with E-state index in [4.69, 9.17) is 11.6 Å². The molecular formula is C21H20ClFN4O5S. The minimum atomic E-state index is -3.14. The number of carbonyl (C=O) groups excluding carboxylic acids is 1. The molecule has 174 valence electrons. The molecule has 0 radical (unpaired) electrons. The number of nitrogens with one attached hydrogen (secondary N) is 2. The van der Waals surface area contributed by atoms with Gasteiger partial charge in [0.2, 0.25) is 5.91 Å². The van der Waals surface area contributed by atoms with Gasteiger partial charge in [0, 0.05) is 6.20 Å². The molecule has 2 aromatic heterocycles. The van der Waals surface area contributed by atoms with Crippen LogP contribution in [0.15, 0.2) is 46.1 Å². The Bertz CT molecular complexity index is 1420. The van der Waals surface area contributed by atoms with Crippen molar-refractivity contribution >= 4 is 44.1 Å². The van der Waals surface area contributed by atoms with Crippen LogP contribution in [0.2, 0.25) is 5.02 Å². The molecule has 1 unspecified atom stereocenters. The highest BCUT2D eigenvalue weighted by Crippen LogP contribution is 2.28. The Morgan fingerprint density at radius 3 is 2.64 bits per heavy atom. The molecule has 0 saturated carbocycles. The van der Waals surface area contributed by atoms with Gasteiger partial charge in [0.1, 0.15) is 27.5 Å². The first-order valence-corrected chi connectivity index (χ1v) is 12.4. The number of pyridine rings is 1. The molecule has 1 atom stereocenters. The molecule has 4 rings (SSSR count). The predicted molar refractivity (Wildman–Crippen MR) is 122 cm³/mol. The molecule has 3 heterocycles. The summed E-state index contributed by atoms with van der Waals surface area (Å²) in [5, 5.41) is 2.85. The van der Waals surface area contributed by atoms with E-state index in [0.717, 1.165) is 16.7 Å². The molecule has 1 saturated heterocycles. The summed E-state index contributed by atoms with van der Waals surface area (Å²) in [7, 11) is -3.14. The van der Waals surface area contributed by atoms with Crippen LogP contribution in [0.1, 0.15) is 25.3 Å². The van der Waals surface area contributed by atoms with Crippen LogP contribution in [-0.2, 0) is 14.6 Å². The fourth-order valence-electron chi connectivity index (χ4n) is 3.96. The number of hydrogen-bond acceptors (Lipinski definition) is 6. The Morgan fingerprint density at radius 2 is 1.97 bits per heavy atom. The van der Waals surface area contributed by atoms with Crippen molar-refractivity contribution in [3.8, 4) is 0 Å². The average Bonchev–Trinajstić information content (AvgIpc) is 2.76. The van der Waals surface area contributed by atoms with Crippen LogP contribution in [0.25, 0.3) is 10.9 Å². The van der Waals surface area contributed by atoms with Crippen LogP contribution in [0.3, 0.4) is 0 Å². The molecule has 1 aliphatic heterocycles. The Labute approximate surface area is 192 Å². The van der Waals surface area contributed by atoms with Crippen molar-refractivity contribution in [2.45, 2.75) is 25.3 Å². The lowest BCUT2D eigenvalue weighted by atomic mass is 9.93. The summed E-state index contributed by atoms with van der Waals surface area (Å²) in [5.41, 5.74) is -1.50. The number of halogens is 2. The molecule has 1 amide bonds. The summed E-state index contributed by atoms with van der Waals surface area (Å²) in [5.74, 6) is -1.45. The first-order chi connectivity index (χ1) is 15.6. The third kappa shape index (κ3) is 5.14. The minimum Gasteiger partial charge on any atom is -0.309 e. The van der Waals surface area contributed by atoms with Crippen LogP contribution in [0.4, 0.5) is 10.2 Å². The molecule has 1 aromatic carbocycles. The normalized spacial score (nSPS) is 17.0. The number of benzene rings is 1. The predicted octanol–water partition coefficient (Wildman–Crippen LogP) is 2.27. The quantitative estimate of drug-likeness (QED) is 0.559. The highest BCUT2D eigenvalue weighted by atomic mass is 35.5. The highest BCUT2D eigenvalue weighted by molar-refractivity contribution is 7.91. The van der Waals surface area contributed by atoms with Crippen molar-refractivity contribution < 1.29 is 17.6 Å². The number of H-pyrrole nitrogens is 1. The van der Waals surface area contributed by atoms with E-state index in [1.54, 1.807) is 0 Å². The summed E-state index contributed by atoms with van der Waals surface area (Å²) in [6.07, 6.45) is 2.00. The van der Waals surface area contributed by atoms with Crippen molar-refractivity contribution in [3.63, 3.8) is 0 Å². The second-order valence-corrected chi connectivity index (χ2v) is 10.7. The molecule has 0 spiro atoms. The van der Waals surface area contributed by atoms with Crippen LogP contribution < -0.4 is 16.6 Å². The fourth-order valence-corrected chi connectivity index (χ4v) is 5.66. The third-order valence-electron chi connectivity index (χ3n) is 5.72. The summed E-state index contributed by atoms with van der Waals surface area (Å²) in [6, 6.07) is 5.10. The summed E-state index contributed by atoms with van der Waals surface area (Å²) in [6.45, 7) is 0. The number of hydrogen-bond donors (Lipinski definition) is 2. The smallest absolute Gasteiger partial charge is 0.309 e. The summed E-state index contributed by atoms with van der Waals surface area (Å²) < 4.78 is 38.1. The highest BCUT2D eigenvalue weighted by Gasteiger charge is 2.32. The lowest BCUT2D eigenvalue weighted by molar-refractivity contribution is -0.120. The number of carbonyl (C=O) groups is 1. The first-order valence-electron chi connectivity index (χ1n) is 10.2. The Morgan fingerprint density at radius 1 is 1.24 bits per heavy atom. The number of rotatable bonds is 5. The second-order valence-electron chi connectivity index (χ2n) is 7.99. The molecule has 0 aliphatic carbocycles. The number of anilines is 1. The zero-order valence-electron chi connectivity index (χ0n) is 17.3. The third-order valence-corrected chi connectivity index (χ3v) is 7.65. The monoisotopic (exact) mass is 494 g/mol. The van der Waals surface area contributed by atoms with E-state index in [0.29, 0.717) is 17.9 Å². The first kappa shape index (κ1) is 23.1. The van der Waals surface area contributed by atoms with E-state index in [2.05, 4.69) is 15.3 Å². The van der Waals surface area contributed by atoms with Crippen LogP contribution >= 0.6 is 11.6 Å². The van der Waals surface area contributed by atoms with Crippen LogP contribution in [-0.4, -0.2) is 40.4 Å². The van der Waals surface area contributed by atoms with Gasteiger partial charge in [-0.05, 0) is 55.5 Å². The van der Waals surface area contributed by atoms with Gasteiger partial charge in [-0.3, -0.25) is 9.59 Å². The van der Waals surface area contributed by atoms with Crippen molar-refractivity contribution in [3.05, 3.63) is 68.2 Å². The molecule has 2 N–H and O–H groups in total. The van der Waals surface area contributed by atoms with Gasteiger partial charge in [-0.1, -0.05) is 11.6 Å². The van der Waals surface area contributed by atoms with Crippen molar-refractivity contribution in [1.29, 1.82) is 0 Å². The van der Waals surface area contributed by atoms with E-state index < -0.39 is 38.9 Å². The van der Waals surface area contributed by atoms with Gasteiger partial charge < -0.3 is 10.3 Å². The van der Waals surface area contributed by atoms with Gasteiger partial charge in [0.25, 0.3) is 5.56 Å². The molecular weight excluding hydrogens is 475 g/mol. The van der Waals surface area contributed by atoms with Crippen molar-refractivity contribution in [1.82, 2.24) is 14.5 Å². The Hall–Kier alpha value is -3.05. The van der Waals surface area contributed by atoms with Crippen molar-refractivity contribution in [2.75, 3.05) is 16.8 Å². The molecule has 0 bridgehead atoms. The topological polar surface area (TPSA) is 131 Å². The van der Waals surface area contributed by atoms with Gasteiger partial charge in [0.15, 0.2) is 0 Å². The maximum absolute atomic E-state index is 13.8. The number of fused-ring (bicyclic) bond motifs is 1. The molecule has 33 heavy (non-hydrogen) atoms. The second kappa shape index (κ2) is 9.06. The molecule has 12 heteroatoms. The minimum absolute atomic E-state index is 0.0288. The number of nitrogens with zero attached hydrogens (tertiary/aromatic N) is 2. The summed E-state index contributed by atoms with van der Waals surface area (Å²) in [4.78, 5) is 45.7.